The number of benzene rings is 2. The highest BCUT2D eigenvalue weighted by Gasteiger charge is 2.33. The molecule has 0 saturated carbocycles. The minimum Gasteiger partial charge on any atom is -0.340 e. The Morgan fingerprint density at radius 2 is 1.79 bits per heavy atom. The highest BCUT2D eigenvalue weighted by Crippen LogP contribution is 2.24. The van der Waals surface area contributed by atoms with E-state index >= 15 is 0 Å². The van der Waals surface area contributed by atoms with Crippen LogP contribution in [-0.4, -0.2) is 44.4 Å². The number of sulfonamides is 1. The van der Waals surface area contributed by atoms with E-state index in [4.69, 9.17) is 0 Å². The van der Waals surface area contributed by atoms with Crippen molar-refractivity contribution < 1.29 is 13.2 Å². The van der Waals surface area contributed by atoms with E-state index in [2.05, 4.69) is 9.71 Å². The Hall–Kier alpha value is -2.32. The predicted molar refractivity (Wildman–Crippen MR) is 117 cm³/mol. The first kappa shape index (κ1) is 21.4. The van der Waals surface area contributed by atoms with Gasteiger partial charge in [0.1, 0.15) is 11.9 Å². The van der Waals surface area contributed by atoms with E-state index in [1.807, 2.05) is 44.4 Å². The number of likely N-dealkylation sites (N-methyl/N-ethyl adjacent to an activating group) is 1. The molecule has 8 heteroatoms. The highest BCUT2D eigenvalue weighted by molar-refractivity contribution is 7.98. The van der Waals surface area contributed by atoms with Crippen molar-refractivity contribution in [3.05, 3.63) is 59.7 Å². The average molecular weight is 432 g/mol. The summed E-state index contributed by atoms with van der Waals surface area (Å²) < 4.78 is 27.1. The van der Waals surface area contributed by atoms with Gasteiger partial charge in [0.15, 0.2) is 0 Å². The molecule has 1 N–H and O–H groups in total. The first-order valence-electron chi connectivity index (χ1n) is 9.31. The van der Waals surface area contributed by atoms with Gasteiger partial charge in [-0.05, 0) is 42.0 Å². The molecule has 2 aromatic rings. The van der Waals surface area contributed by atoms with Gasteiger partial charge in [-0.15, -0.1) is 11.8 Å². The van der Waals surface area contributed by atoms with E-state index in [1.54, 1.807) is 41.9 Å². The third-order valence-corrected chi connectivity index (χ3v) is 6.91. The minimum absolute atomic E-state index is 0.0893. The number of thioether (sulfide) groups is 1. The summed E-state index contributed by atoms with van der Waals surface area (Å²) in [5.74, 6) is -0.0102. The first-order valence-corrected chi connectivity index (χ1v) is 12.0. The molecule has 0 unspecified atom stereocenters. The SMILES string of the molecule is CSc1ccc(CN(C)C(=O)[C@H](N=C2NS(=O)(=O)c3ccccc32)C(C)C)cc1. The van der Waals surface area contributed by atoms with E-state index in [0.29, 0.717) is 12.1 Å². The number of nitrogens with one attached hydrogen (secondary N) is 1. The Kier molecular flexibility index (Phi) is 6.33. The van der Waals surface area contributed by atoms with Gasteiger partial charge in [0.2, 0.25) is 5.91 Å². The van der Waals surface area contributed by atoms with Crippen LogP contribution in [0.5, 0.6) is 0 Å². The smallest absolute Gasteiger partial charge is 0.263 e. The molecular formula is C21H25N3O3S2. The first-order chi connectivity index (χ1) is 13.7. The van der Waals surface area contributed by atoms with Gasteiger partial charge in [0, 0.05) is 24.1 Å². The lowest BCUT2D eigenvalue weighted by Crippen LogP contribution is -2.39. The van der Waals surface area contributed by atoms with Gasteiger partial charge in [-0.2, -0.15) is 0 Å². The van der Waals surface area contributed by atoms with Gasteiger partial charge >= 0.3 is 0 Å². The lowest BCUT2D eigenvalue weighted by atomic mass is 10.0. The van der Waals surface area contributed by atoms with Crippen LogP contribution in [0.2, 0.25) is 0 Å². The van der Waals surface area contributed by atoms with E-state index in [-0.39, 0.29) is 22.6 Å². The number of fused-ring (bicyclic) bond motifs is 1. The van der Waals surface area contributed by atoms with Gasteiger partial charge in [-0.3, -0.25) is 14.5 Å². The predicted octanol–water partition coefficient (Wildman–Crippen LogP) is 3.13. The Bertz CT molecular complexity index is 1030. The van der Waals surface area contributed by atoms with Crippen molar-refractivity contribution in [2.45, 2.75) is 36.2 Å². The maximum absolute atomic E-state index is 13.1. The summed E-state index contributed by atoms with van der Waals surface area (Å²) in [5, 5.41) is 0. The van der Waals surface area contributed by atoms with Crippen LogP contribution in [0.3, 0.4) is 0 Å². The van der Waals surface area contributed by atoms with Crippen LogP contribution in [0.1, 0.15) is 25.0 Å². The second-order valence-corrected chi connectivity index (χ2v) is 9.84. The van der Waals surface area contributed by atoms with E-state index < -0.39 is 16.1 Å². The van der Waals surface area contributed by atoms with Crippen LogP contribution in [-0.2, 0) is 21.4 Å². The van der Waals surface area contributed by atoms with Crippen LogP contribution in [0.4, 0.5) is 0 Å². The minimum atomic E-state index is -3.63. The van der Waals surface area contributed by atoms with Crippen molar-refractivity contribution >= 4 is 33.5 Å². The highest BCUT2D eigenvalue weighted by atomic mass is 32.2. The van der Waals surface area contributed by atoms with Crippen molar-refractivity contribution in [1.82, 2.24) is 9.62 Å². The van der Waals surface area contributed by atoms with Crippen molar-refractivity contribution in [3.8, 4) is 0 Å². The monoisotopic (exact) mass is 431 g/mol. The van der Waals surface area contributed by atoms with Crippen molar-refractivity contribution in [2.24, 2.45) is 10.9 Å². The fourth-order valence-corrected chi connectivity index (χ4v) is 4.81. The fourth-order valence-electron chi connectivity index (χ4n) is 3.17. The van der Waals surface area contributed by atoms with Crippen LogP contribution in [0, 0.1) is 5.92 Å². The molecule has 0 saturated heterocycles. The molecule has 0 spiro atoms. The van der Waals surface area contributed by atoms with Gasteiger partial charge in [-0.25, -0.2) is 8.42 Å². The molecule has 1 atom stereocenters. The Morgan fingerprint density at radius 3 is 2.41 bits per heavy atom. The molecule has 1 aliphatic rings. The average Bonchev–Trinajstić information content (AvgIpc) is 2.96. The molecule has 0 aliphatic carbocycles. The lowest BCUT2D eigenvalue weighted by molar-refractivity contribution is -0.132. The number of hydrogen-bond acceptors (Lipinski definition) is 5. The standard InChI is InChI=1S/C21H25N3O3S2/c1-14(2)19(21(25)24(3)13-15-9-11-16(28-4)12-10-15)22-20-17-7-5-6-8-18(17)29(26,27)23-20/h5-12,14,19H,13H2,1-4H3,(H,22,23)/t19-/m1/s1. The van der Waals surface area contributed by atoms with E-state index in [1.165, 1.54) is 11.0 Å². The van der Waals surface area contributed by atoms with Crippen LogP contribution in [0.25, 0.3) is 0 Å². The maximum atomic E-state index is 13.1. The molecule has 1 aliphatic heterocycles. The zero-order valence-corrected chi connectivity index (χ0v) is 18.5. The maximum Gasteiger partial charge on any atom is 0.263 e. The Labute approximate surface area is 176 Å². The van der Waals surface area contributed by atoms with Crippen LogP contribution < -0.4 is 4.72 Å². The third kappa shape index (κ3) is 4.64. The Morgan fingerprint density at radius 1 is 1.14 bits per heavy atom. The lowest BCUT2D eigenvalue weighted by Gasteiger charge is -2.24. The fraction of sp³-hybridized carbons (Fsp3) is 0.333. The van der Waals surface area contributed by atoms with Gasteiger partial charge in [0.05, 0.1) is 4.90 Å². The number of aliphatic imine (C=N–C) groups is 1. The molecule has 29 heavy (non-hydrogen) atoms. The van der Waals surface area contributed by atoms with Crippen molar-refractivity contribution in [2.75, 3.05) is 13.3 Å². The number of carbonyl (C=O) groups is 1. The summed E-state index contributed by atoms with van der Waals surface area (Å²) in [4.78, 5) is 20.6. The molecule has 0 aromatic heterocycles. The van der Waals surface area contributed by atoms with Gasteiger partial charge < -0.3 is 4.90 Å². The zero-order valence-electron chi connectivity index (χ0n) is 16.9. The van der Waals surface area contributed by atoms with E-state index in [0.717, 1.165) is 5.56 Å². The number of amides is 1. The summed E-state index contributed by atoms with van der Waals surface area (Å²) in [7, 11) is -1.89. The molecule has 1 heterocycles. The summed E-state index contributed by atoms with van der Waals surface area (Å²) in [6.45, 7) is 4.27. The molecule has 3 rings (SSSR count). The summed E-state index contributed by atoms with van der Waals surface area (Å²) in [6, 6.07) is 14.1. The van der Waals surface area contributed by atoms with Gasteiger partial charge in [0.25, 0.3) is 10.0 Å². The number of amidine groups is 1. The molecule has 1 amide bonds. The molecule has 2 aromatic carbocycles. The third-order valence-electron chi connectivity index (χ3n) is 4.77. The summed E-state index contributed by atoms with van der Waals surface area (Å²) in [5.41, 5.74) is 1.53. The number of nitrogens with zero attached hydrogens (tertiary/aromatic N) is 2. The number of hydrogen-bond donors (Lipinski definition) is 1. The second-order valence-electron chi connectivity index (χ2n) is 7.31. The second kappa shape index (κ2) is 8.59. The quantitative estimate of drug-likeness (QED) is 0.713. The molecule has 0 radical (unpaired) electrons. The zero-order chi connectivity index (χ0) is 21.2. The molecule has 0 fully saturated rings. The number of rotatable bonds is 6. The largest absolute Gasteiger partial charge is 0.340 e. The normalized spacial score (nSPS) is 17.1. The van der Waals surface area contributed by atoms with Gasteiger partial charge in [-0.1, -0.05) is 38.1 Å². The Balaban J connectivity index is 1.84. The van der Waals surface area contributed by atoms with Crippen LogP contribution in [0.15, 0.2) is 63.3 Å². The molecule has 154 valence electrons. The number of carbonyl (C=O) groups excluding carboxylic acids is 1. The van der Waals surface area contributed by atoms with Crippen LogP contribution >= 0.6 is 11.8 Å². The van der Waals surface area contributed by atoms with E-state index in [9.17, 15) is 13.2 Å². The van der Waals surface area contributed by atoms with Crippen molar-refractivity contribution in [3.63, 3.8) is 0 Å². The molecule has 0 bridgehead atoms. The summed E-state index contributed by atoms with van der Waals surface area (Å²) in [6.07, 6.45) is 2.02. The topological polar surface area (TPSA) is 78.8 Å². The molecular weight excluding hydrogens is 406 g/mol. The van der Waals surface area contributed by atoms with Crippen molar-refractivity contribution in [1.29, 1.82) is 0 Å². The summed E-state index contributed by atoms with van der Waals surface area (Å²) >= 11 is 1.67. The molecule has 6 nitrogen and oxygen atoms in total.